The van der Waals surface area contributed by atoms with Crippen LogP contribution in [0.5, 0.6) is 5.75 Å². The Hall–Kier alpha value is -6.17. The largest absolute Gasteiger partial charge is 0.508 e. The Labute approximate surface area is 333 Å². The number of nitrogens with zero attached hydrogens (tertiary/aromatic N) is 3. The van der Waals surface area contributed by atoms with E-state index < -0.39 is 41.9 Å². The highest BCUT2D eigenvalue weighted by atomic mass is 16.6. The molecule has 1 aliphatic rings. The fraction of sp³-hybridized carbons (Fsp3) is 0.356. The summed E-state index contributed by atoms with van der Waals surface area (Å²) >= 11 is 0. The van der Waals surface area contributed by atoms with Crippen molar-refractivity contribution in [1.29, 1.82) is 0 Å². The van der Waals surface area contributed by atoms with E-state index in [-0.39, 0.29) is 18.1 Å². The molecule has 0 fully saturated rings. The molecule has 1 aromatic heterocycles. The molecule has 0 spiro atoms. The van der Waals surface area contributed by atoms with Crippen LogP contribution in [0, 0.1) is 13.8 Å². The van der Waals surface area contributed by atoms with Crippen molar-refractivity contribution in [3.63, 3.8) is 0 Å². The summed E-state index contributed by atoms with van der Waals surface area (Å²) in [7, 11) is 1.56. The highest BCUT2D eigenvalue weighted by Gasteiger charge is 2.36. The molecule has 12 nitrogen and oxygen atoms in total. The minimum Gasteiger partial charge on any atom is -0.508 e. The number of benzene rings is 4. The molecule has 2 atom stereocenters. The van der Waals surface area contributed by atoms with Gasteiger partial charge in [-0.3, -0.25) is 9.69 Å². The van der Waals surface area contributed by atoms with Gasteiger partial charge in [0, 0.05) is 37.6 Å². The predicted octanol–water partition coefficient (Wildman–Crippen LogP) is 8.28. The summed E-state index contributed by atoms with van der Waals surface area (Å²) in [6, 6.07) is 27.0. The first kappa shape index (κ1) is 40.5. The van der Waals surface area contributed by atoms with Crippen molar-refractivity contribution in [2.45, 2.75) is 90.5 Å². The number of carbonyl (C=O) groups excluding carboxylic acids is 3. The number of carbonyl (C=O) groups is 3. The van der Waals surface area contributed by atoms with Crippen LogP contribution in [0.25, 0.3) is 11.1 Å². The molecule has 12 heteroatoms. The Kier molecular flexibility index (Phi) is 12.6. The van der Waals surface area contributed by atoms with E-state index >= 15 is 0 Å². The highest BCUT2D eigenvalue weighted by molar-refractivity contribution is 5.87. The van der Waals surface area contributed by atoms with Gasteiger partial charge >= 0.3 is 12.2 Å². The van der Waals surface area contributed by atoms with E-state index in [1.807, 2.05) is 92.7 Å². The van der Waals surface area contributed by atoms with Crippen LogP contribution in [0.4, 0.5) is 9.59 Å². The molecular formula is C45H51N5O7. The Bertz CT molecular complexity index is 2130. The van der Waals surface area contributed by atoms with Crippen LogP contribution in [0.15, 0.2) is 95.5 Å². The van der Waals surface area contributed by atoms with E-state index in [0.717, 1.165) is 44.5 Å². The number of unbranched alkanes of at least 4 members (excludes halogenated alkanes) is 1. The third-order valence-electron chi connectivity index (χ3n) is 10.0. The first-order chi connectivity index (χ1) is 27.3. The number of ether oxygens (including phenoxy) is 2. The maximum Gasteiger partial charge on any atom is 0.411 e. The third-order valence-corrected chi connectivity index (χ3v) is 10.0. The molecule has 0 saturated carbocycles. The van der Waals surface area contributed by atoms with Gasteiger partial charge in [-0.25, -0.2) is 9.59 Å². The van der Waals surface area contributed by atoms with Crippen LogP contribution in [0.1, 0.15) is 97.3 Å². The van der Waals surface area contributed by atoms with Crippen LogP contribution < -0.4 is 10.6 Å². The van der Waals surface area contributed by atoms with Crippen molar-refractivity contribution in [3.05, 3.63) is 136 Å². The third kappa shape index (κ3) is 10.2. The summed E-state index contributed by atoms with van der Waals surface area (Å²) in [6.45, 7) is 9.50. The van der Waals surface area contributed by atoms with Crippen LogP contribution in [0.2, 0.25) is 0 Å². The lowest BCUT2D eigenvalue weighted by Gasteiger charge is -2.30. The molecule has 4 aromatic carbocycles. The number of aryl methyl sites for hydroxylation is 2. The quantitative estimate of drug-likeness (QED) is 0.0946. The van der Waals surface area contributed by atoms with Gasteiger partial charge in [-0.15, -0.1) is 0 Å². The van der Waals surface area contributed by atoms with Crippen molar-refractivity contribution < 1.29 is 33.5 Å². The zero-order valence-electron chi connectivity index (χ0n) is 33.4. The predicted molar refractivity (Wildman–Crippen MR) is 216 cm³/mol. The summed E-state index contributed by atoms with van der Waals surface area (Å²) in [5, 5.41) is 20.4. The number of hydrogen-bond donors (Lipinski definition) is 3. The molecule has 0 unspecified atom stereocenters. The number of phenols is 1. The van der Waals surface area contributed by atoms with Gasteiger partial charge in [-0.2, -0.15) is 4.98 Å². The zero-order chi connectivity index (χ0) is 40.7. The summed E-state index contributed by atoms with van der Waals surface area (Å²) in [4.78, 5) is 47.1. The molecule has 3 N–H and O–H groups in total. The van der Waals surface area contributed by atoms with E-state index in [0.29, 0.717) is 38.1 Å². The number of aromatic hydroxyl groups is 1. The van der Waals surface area contributed by atoms with Crippen LogP contribution in [-0.4, -0.2) is 63.5 Å². The Morgan fingerprint density at radius 1 is 0.895 bits per heavy atom. The standard InChI is InChI=1S/C45H51N5O7/c1-28-24-31(51)25-29(2)36(28)27-38(50(6)44(54)55-40-34-20-12-10-18-32(34)33-19-11-13-21-35(33)40)41(52)47-37(22-14-15-23-46-43(53)56-45(3,4)5)42-48-39(49-57-42)26-30-16-8-7-9-17-30/h7-13,16-21,24-25,37-38,40,51H,14-15,22-23,26-27H2,1-6H3,(H,46,53)(H,47,52)/t37-,38-/m1/s1. The minimum absolute atomic E-state index is 0.116. The van der Waals surface area contributed by atoms with Gasteiger partial charge in [0.15, 0.2) is 11.9 Å². The molecule has 0 radical (unpaired) electrons. The van der Waals surface area contributed by atoms with Crippen molar-refractivity contribution in [2.75, 3.05) is 13.6 Å². The number of rotatable bonds is 14. The van der Waals surface area contributed by atoms with E-state index in [1.54, 1.807) is 40.0 Å². The highest BCUT2D eigenvalue weighted by Crippen LogP contribution is 2.45. The van der Waals surface area contributed by atoms with Crippen LogP contribution >= 0.6 is 0 Å². The average molecular weight is 774 g/mol. The maximum absolute atomic E-state index is 14.6. The molecule has 0 saturated heterocycles. The number of aromatic nitrogens is 2. The van der Waals surface area contributed by atoms with Gasteiger partial charge < -0.3 is 29.7 Å². The average Bonchev–Trinajstić information content (AvgIpc) is 3.76. The minimum atomic E-state index is -1.03. The molecule has 5 aromatic rings. The first-order valence-electron chi connectivity index (χ1n) is 19.3. The first-order valence-corrected chi connectivity index (χ1v) is 19.3. The summed E-state index contributed by atoms with van der Waals surface area (Å²) in [6.07, 6.45) is 0.320. The molecule has 57 heavy (non-hydrogen) atoms. The summed E-state index contributed by atoms with van der Waals surface area (Å²) in [5.74, 6) is 0.361. The van der Waals surface area contributed by atoms with E-state index in [2.05, 4.69) is 20.8 Å². The zero-order valence-corrected chi connectivity index (χ0v) is 33.4. The maximum atomic E-state index is 14.6. The number of likely N-dealkylation sites (N-methyl/N-ethyl adjacent to an activating group) is 1. The Morgan fingerprint density at radius 3 is 2.14 bits per heavy atom. The van der Waals surface area contributed by atoms with Crippen LogP contribution in [0.3, 0.4) is 0 Å². The summed E-state index contributed by atoms with van der Waals surface area (Å²) < 4.78 is 17.4. The fourth-order valence-corrected chi connectivity index (χ4v) is 7.20. The smallest absolute Gasteiger partial charge is 0.411 e. The van der Waals surface area contributed by atoms with E-state index in [4.69, 9.17) is 14.0 Å². The number of amides is 3. The lowest BCUT2D eigenvalue weighted by molar-refractivity contribution is -0.126. The number of hydrogen-bond acceptors (Lipinski definition) is 9. The molecule has 1 heterocycles. The monoisotopic (exact) mass is 773 g/mol. The number of phenolic OH excluding ortho intramolecular Hbond substituents is 1. The summed E-state index contributed by atoms with van der Waals surface area (Å²) in [5.41, 5.74) is 6.49. The molecule has 0 bridgehead atoms. The molecular weight excluding hydrogens is 723 g/mol. The molecule has 1 aliphatic carbocycles. The van der Waals surface area contributed by atoms with Gasteiger partial charge in [0.05, 0.1) is 0 Å². The van der Waals surface area contributed by atoms with Crippen molar-refractivity contribution in [1.82, 2.24) is 25.7 Å². The topological polar surface area (TPSA) is 156 Å². The van der Waals surface area contributed by atoms with Crippen molar-refractivity contribution in [3.8, 4) is 16.9 Å². The van der Waals surface area contributed by atoms with Gasteiger partial charge in [0.25, 0.3) is 0 Å². The molecule has 3 amide bonds. The van der Waals surface area contributed by atoms with Gasteiger partial charge in [0.1, 0.15) is 23.4 Å². The second-order valence-electron chi connectivity index (χ2n) is 15.5. The second kappa shape index (κ2) is 17.7. The second-order valence-corrected chi connectivity index (χ2v) is 15.5. The van der Waals surface area contributed by atoms with Crippen molar-refractivity contribution >= 4 is 18.1 Å². The SMILES string of the molecule is Cc1cc(O)cc(C)c1C[C@H](C(=O)N[C@H](CCCCNC(=O)OC(C)(C)C)c1nc(Cc2ccccc2)no1)N(C)C(=O)OC1c2ccccc2-c2ccccc21. The van der Waals surface area contributed by atoms with Crippen molar-refractivity contribution in [2.24, 2.45) is 0 Å². The molecule has 298 valence electrons. The lowest BCUT2D eigenvalue weighted by atomic mass is 9.94. The molecule has 6 rings (SSSR count). The lowest BCUT2D eigenvalue weighted by Crippen LogP contribution is -2.50. The van der Waals surface area contributed by atoms with E-state index in [9.17, 15) is 19.5 Å². The number of fused-ring (bicyclic) bond motifs is 3. The molecule has 0 aliphatic heterocycles. The Balaban J connectivity index is 1.25. The Morgan fingerprint density at radius 2 is 1.51 bits per heavy atom. The van der Waals surface area contributed by atoms with Crippen LogP contribution in [-0.2, 0) is 27.1 Å². The number of nitrogens with one attached hydrogen (secondary N) is 2. The normalized spacial score (nSPS) is 13.2. The van der Waals surface area contributed by atoms with E-state index in [1.165, 1.54) is 4.90 Å². The fourth-order valence-electron chi connectivity index (χ4n) is 7.20. The van der Waals surface area contributed by atoms with Gasteiger partial charge in [0.2, 0.25) is 11.8 Å². The van der Waals surface area contributed by atoms with Gasteiger partial charge in [-0.1, -0.05) is 84.0 Å². The van der Waals surface area contributed by atoms with Gasteiger partial charge in [-0.05, 0) is 99.4 Å². The number of alkyl carbamates (subject to hydrolysis) is 1.